The van der Waals surface area contributed by atoms with Gasteiger partial charge in [0.1, 0.15) is 11.6 Å². The molecule has 4 heteroatoms. The SMILES string of the molecule is N#CC1(C(N)c2ccc(F)cc2F)CC1. The van der Waals surface area contributed by atoms with Crippen LogP contribution in [0.1, 0.15) is 24.4 Å². The maximum absolute atomic E-state index is 13.4. The predicted octanol–water partition coefficient (Wildman–Crippen LogP) is 2.27. The van der Waals surface area contributed by atoms with Gasteiger partial charge in [-0.1, -0.05) is 6.07 Å². The Morgan fingerprint density at radius 1 is 1.40 bits per heavy atom. The number of hydrogen-bond acceptors (Lipinski definition) is 2. The molecule has 2 nitrogen and oxygen atoms in total. The Morgan fingerprint density at radius 2 is 2.07 bits per heavy atom. The first kappa shape index (κ1) is 10.1. The molecular formula is C11H10F2N2. The fourth-order valence-corrected chi connectivity index (χ4v) is 1.68. The number of nitrogens with zero attached hydrogens (tertiary/aromatic N) is 1. The minimum absolute atomic E-state index is 0.218. The molecule has 0 aliphatic heterocycles. The van der Waals surface area contributed by atoms with Crippen molar-refractivity contribution in [2.24, 2.45) is 11.1 Å². The number of benzene rings is 1. The van der Waals surface area contributed by atoms with E-state index in [0.717, 1.165) is 12.1 Å². The van der Waals surface area contributed by atoms with Gasteiger partial charge < -0.3 is 5.73 Å². The van der Waals surface area contributed by atoms with Crippen molar-refractivity contribution in [1.29, 1.82) is 5.26 Å². The van der Waals surface area contributed by atoms with E-state index >= 15 is 0 Å². The van der Waals surface area contributed by atoms with Crippen LogP contribution in [-0.4, -0.2) is 0 Å². The van der Waals surface area contributed by atoms with Gasteiger partial charge in [-0.25, -0.2) is 8.78 Å². The summed E-state index contributed by atoms with van der Waals surface area (Å²) in [6, 6.07) is 4.71. The van der Waals surface area contributed by atoms with Crippen molar-refractivity contribution in [2.45, 2.75) is 18.9 Å². The van der Waals surface area contributed by atoms with Gasteiger partial charge in [0, 0.05) is 11.6 Å². The fourth-order valence-electron chi connectivity index (χ4n) is 1.68. The second-order valence-corrected chi connectivity index (χ2v) is 3.91. The molecule has 0 saturated heterocycles. The van der Waals surface area contributed by atoms with Crippen LogP contribution >= 0.6 is 0 Å². The molecule has 0 aromatic heterocycles. The average Bonchev–Trinajstić information content (AvgIpc) is 2.97. The quantitative estimate of drug-likeness (QED) is 0.810. The molecule has 2 N–H and O–H groups in total. The van der Waals surface area contributed by atoms with Gasteiger partial charge in [0.25, 0.3) is 0 Å². The van der Waals surface area contributed by atoms with Gasteiger partial charge in [-0.3, -0.25) is 0 Å². The standard InChI is InChI=1S/C11H10F2N2/c12-7-1-2-8(9(13)5-7)10(15)11(6-14)3-4-11/h1-2,5,10H,3-4,15H2. The highest BCUT2D eigenvalue weighted by atomic mass is 19.1. The van der Waals surface area contributed by atoms with E-state index in [4.69, 9.17) is 11.0 Å². The van der Waals surface area contributed by atoms with Crippen LogP contribution in [0.5, 0.6) is 0 Å². The number of rotatable bonds is 2. The average molecular weight is 208 g/mol. The van der Waals surface area contributed by atoms with E-state index in [1.807, 2.05) is 0 Å². The van der Waals surface area contributed by atoms with Crippen molar-refractivity contribution in [3.8, 4) is 6.07 Å². The number of hydrogen-bond donors (Lipinski definition) is 1. The zero-order valence-corrected chi connectivity index (χ0v) is 8.00. The first-order chi connectivity index (χ1) is 7.09. The Balaban J connectivity index is 2.35. The van der Waals surface area contributed by atoms with E-state index in [1.165, 1.54) is 6.07 Å². The van der Waals surface area contributed by atoms with Crippen molar-refractivity contribution < 1.29 is 8.78 Å². The van der Waals surface area contributed by atoms with Crippen molar-refractivity contribution >= 4 is 0 Å². The Bertz CT molecular complexity index is 433. The highest BCUT2D eigenvalue weighted by molar-refractivity contribution is 5.29. The summed E-state index contributed by atoms with van der Waals surface area (Å²) in [5.41, 5.74) is 5.39. The molecule has 1 atom stereocenters. The third kappa shape index (κ3) is 1.59. The summed E-state index contributed by atoms with van der Waals surface area (Å²) in [6.07, 6.45) is 1.36. The molecule has 1 aromatic rings. The van der Waals surface area contributed by atoms with Crippen LogP contribution in [0.4, 0.5) is 8.78 Å². The number of nitrogens with two attached hydrogens (primary N) is 1. The largest absolute Gasteiger partial charge is 0.323 e. The van der Waals surface area contributed by atoms with Gasteiger partial charge in [-0.05, 0) is 18.9 Å². The molecular weight excluding hydrogens is 198 g/mol. The lowest BCUT2D eigenvalue weighted by Gasteiger charge is -2.17. The summed E-state index contributed by atoms with van der Waals surface area (Å²) in [5.74, 6) is -1.31. The van der Waals surface area contributed by atoms with Gasteiger partial charge in [0.15, 0.2) is 0 Å². The van der Waals surface area contributed by atoms with Gasteiger partial charge in [-0.2, -0.15) is 5.26 Å². The highest BCUT2D eigenvalue weighted by Crippen LogP contribution is 2.53. The second kappa shape index (κ2) is 3.28. The second-order valence-electron chi connectivity index (χ2n) is 3.91. The van der Waals surface area contributed by atoms with E-state index in [2.05, 4.69) is 6.07 Å². The van der Waals surface area contributed by atoms with Crippen molar-refractivity contribution in [2.75, 3.05) is 0 Å². The first-order valence-electron chi connectivity index (χ1n) is 4.71. The van der Waals surface area contributed by atoms with Gasteiger partial charge in [0.05, 0.1) is 17.5 Å². The van der Waals surface area contributed by atoms with Gasteiger partial charge in [0.2, 0.25) is 0 Å². The van der Waals surface area contributed by atoms with Crippen LogP contribution < -0.4 is 5.73 Å². The van der Waals surface area contributed by atoms with Crippen molar-refractivity contribution in [3.05, 3.63) is 35.4 Å². The summed E-state index contributed by atoms with van der Waals surface area (Å²) in [4.78, 5) is 0. The maximum atomic E-state index is 13.4. The third-order valence-electron chi connectivity index (χ3n) is 2.90. The molecule has 0 radical (unpaired) electrons. The predicted molar refractivity (Wildman–Crippen MR) is 50.6 cm³/mol. The topological polar surface area (TPSA) is 49.8 Å². The molecule has 15 heavy (non-hydrogen) atoms. The minimum Gasteiger partial charge on any atom is -0.323 e. The van der Waals surface area contributed by atoms with Crippen LogP contribution in [0, 0.1) is 28.4 Å². The highest BCUT2D eigenvalue weighted by Gasteiger charge is 2.49. The van der Waals surface area contributed by atoms with Crippen molar-refractivity contribution in [3.63, 3.8) is 0 Å². The van der Waals surface area contributed by atoms with Crippen LogP contribution in [0.25, 0.3) is 0 Å². The lowest BCUT2D eigenvalue weighted by Crippen LogP contribution is -2.22. The molecule has 78 valence electrons. The molecule has 0 spiro atoms. The van der Waals surface area contributed by atoms with E-state index in [0.29, 0.717) is 12.8 Å². The summed E-state index contributed by atoms with van der Waals surface area (Å²) in [7, 11) is 0. The monoisotopic (exact) mass is 208 g/mol. The third-order valence-corrected chi connectivity index (χ3v) is 2.90. The molecule has 0 heterocycles. The molecule has 1 saturated carbocycles. The van der Waals surface area contributed by atoms with E-state index in [1.54, 1.807) is 0 Å². The van der Waals surface area contributed by atoms with Gasteiger partial charge >= 0.3 is 0 Å². The summed E-state index contributed by atoms with van der Waals surface area (Å²) >= 11 is 0. The molecule has 1 unspecified atom stereocenters. The van der Waals surface area contributed by atoms with E-state index < -0.39 is 23.1 Å². The smallest absolute Gasteiger partial charge is 0.130 e. The molecule has 0 bridgehead atoms. The minimum atomic E-state index is -0.677. The van der Waals surface area contributed by atoms with Crippen LogP contribution in [0.2, 0.25) is 0 Å². The molecule has 1 aliphatic rings. The Kier molecular flexibility index (Phi) is 2.20. The van der Waals surface area contributed by atoms with Gasteiger partial charge in [-0.15, -0.1) is 0 Å². The molecule has 1 fully saturated rings. The molecule has 1 aliphatic carbocycles. The maximum Gasteiger partial charge on any atom is 0.130 e. The van der Waals surface area contributed by atoms with E-state index in [9.17, 15) is 8.78 Å². The van der Waals surface area contributed by atoms with Crippen LogP contribution in [-0.2, 0) is 0 Å². The molecule has 0 amide bonds. The summed E-state index contributed by atoms with van der Waals surface area (Å²) < 4.78 is 26.0. The molecule has 1 aromatic carbocycles. The Morgan fingerprint density at radius 3 is 2.53 bits per heavy atom. The van der Waals surface area contributed by atoms with Crippen LogP contribution in [0.3, 0.4) is 0 Å². The summed E-state index contributed by atoms with van der Waals surface area (Å²) in [5, 5.41) is 8.91. The van der Waals surface area contributed by atoms with Crippen LogP contribution in [0.15, 0.2) is 18.2 Å². The fraction of sp³-hybridized carbons (Fsp3) is 0.364. The zero-order valence-electron chi connectivity index (χ0n) is 8.00. The zero-order chi connectivity index (χ0) is 11.1. The Labute approximate surface area is 86.3 Å². The lowest BCUT2D eigenvalue weighted by atomic mass is 9.92. The first-order valence-corrected chi connectivity index (χ1v) is 4.71. The number of halogens is 2. The Hall–Kier alpha value is -1.47. The van der Waals surface area contributed by atoms with Crippen molar-refractivity contribution in [1.82, 2.24) is 0 Å². The summed E-state index contributed by atoms with van der Waals surface area (Å²) in [6.45, 7) is 0. The number of nitriles is 1. The molecule has 2 rings (SSSR count). The normalized spacial score (nSPS) is 19.3. The lowest BCUT2D eigenvalue weighted by molar-refractivity contribution is 0.482. The van der Waals surface area contributed by atoms with E-state index in [-0.39, 0.29) is 5.56 Å².